The zero-order chi connectivity index (χ0) is 18.4. The van der Waals surface area contributed by atoms with E-state index in [0.717, 1.165) is 23.8 Å². The summed E-state index contributed by atoms with van der Waals surface area (Å²) in [4.78, 5) is 23.9. The lowest BCUT2D eigenvalue weighted by Gasteiger charge is -2.22. The van der Waals surface area contributed by atoms with Crippen molar-refractivity contribution < 1.29 is 23.1 Å². The van der Waals surface area contributed by atoms with Crippen LogP contribution in [0.4, 0.5) is 8.78 Å². The highest BCUT2D eigenvalue weighted by Crippen LogP contribution is 2.21. The third kappa shape index (κ3) is 5.11. The average Bonchev–Trinajstić information content (AvgIpc) is 2.60. The molecule has 0 radical (unpaired) electrons. The molecule has 25 heavy (non-hydrogen) atoms. The topological polar surface area (TPSA) is 55.4 Å². The second-order valence-corrected chi connectivity index (χ2v) is 5.90. The molecule has 2 rings (SSSR count). The van der Waals surface area contributed by atoms with Gasteiger partial charge in [0, 0.05) is 0 Å². The molecule has 1 N–H and O–H groups in total. The Morgan fingerprint density at radius 2 is 1.72 bits per heavy atom. The van der Waals surface area contributed by atoms with Crippen LogP contribution in [-0.4, -0.2) is 18.5 Å². The van der Waals surface area contributed by atoms with Gasteiger partial charge in [0.05, 0.1) is 11.6 Å². The third-order valence-corrected chi connectivity index (χ3v) is 3.63. The quantitative estimate of drug-likeness (QED) is 0.812. The molecule has 2 aromatic carbocycles. The zero-order valence-electron chi connectivity index (χ0n) is 14.0. The summed E-state index contributed by atoms with van der Waals surface area (Å²) in [6.45, 7) is 3.42. The molecule has 0 spiro atoms. The number of amides is 1. The van der Waals surface area contributed by atoms with Gasteiger partial charge in [-0.25, -0.2) is 13.6 Å². The van der Waals surface area contributed by atoms with Crippen molar-refractivity contribution in [1.82, 2.24) is 5.32 Å². The summed E-state index contributed by atoms with van der Waals surface area (Å²) in [6.07, 6.45) is 0. The molecule has 0 aliphatic heterocycles. The Morgan fingerprint density at radius 3 is 2.32 bits per heavy atom. The fourth-order valence-electron chi connectivity index (χ4n) is 2.35. The van der Waals surface area contributed by atoms with E-state index in [-0.39, 0.29) is 17.5 Å². The maximum absolute atomic E-state index is 13.1. The predicted octanol–water partition coefficient (Wildman–Crippen LogP) is 3.64. The van der Waals surface area contributed by atoms with Crippen LogP contribution >= 0.6 is 0 Å². The van der Waals surface area contributed by atoms with Gasteiger partial charge in [0.1, 0.15) is 0 Å². The number of hydrogen-bond acceptors (Lipinski definition) is 3. The molecular weight excluding hydrogens is 328 g/mol. The molecule has 1 amide bonds. The maximum Gasteiger partial charge on any atom is 0.338 e. The van der Waals surface area contributed by atoms with Crippen molar-refractivity contribution in [2.24, 2.45) is 5.92 Å². The maximum atomic E-state index is 13.1. The minimum atomic E-state index is -1.15. The summed E-state index contributed by atoms with van der Waals surface area (Å²) in [6, 6.07) is 11.9. The van der Waals surface area contributed by atoms with Gasteiger partial charge in [-0.15, -0.1) is 0 Å². The van der Waals surface area contributed by atoms with Crippen molar-refractivity contribution in [2.75, 3.05) is 6.61 Å². The first-order valence-electron chi connectivity index (χ1n) is 7.85. The molecule has 0 saturated carbocycles. The molecule has 2 aromatic rings. The smallest absolute Gasteiger partial charge is 0.338 e. The van der Waals surface area contributed by atoms with Crippen LogP contribution in [0.25, 0.3) is 0 Å². The van der Waals surface area contributed by atoms with E-state index < -0.39 is 30.1 Å². The van der Waals surface area contributed by atoms with Gasteiger partial charge in [0.2, 0.25) is 0 Å². The third-order valence-electron chi connectivity index (χ3n) is 3.63. The first kappa shape index (κ1) is 18.6. The number of halogens is 2. The van der Waals surface area contributed by atoms with Crippen LogP contribution in [0, 0.1) is 17.6 Å². The summed E-state index contributed by atoms with van der Waals surface area (Å²) < 4.78 is 30.9. The first-order valence-corrected chi connectivity index (χ1v) is 7.85. The van der Waals surface area contributed by atoms with Gasteiger partial charge in [-0.1, -0.05) is 44.2 Å². The van der Waals surface area contributed by atoms with Crippen LogP contribution in [0.15, 0.2) is 48.5 Å². The lowest BCUT2D eigenvalue weighted by molar-refractivity contribution is -0.125. The van der Waals surface area contributed by atoms with Gasteiger partial charge in [0.15, 0.2) is 18.2 Å². The number of rotatable bonds is 6. The van der Waals surface area contributed by atoms with E-state index in [2.05, 4.69) is 5.32 Å². The van der Waals surface area contributed by atoms with Crippen LogP contribution in [0.3, 0.4) is 0 Å². The van der Waals surface area contributed by atoms with Gasteiger partial charge in [-0.2, -0.15) is 0 Å². The first-order chi connectivity index (χ1) is 11.9. The summed E-state index contributed by atoms with van der Waals surface area (Å²) >= 11 is 0. The standard InChI is InChI=1S/C19H19F2NO3/c1-12(2)18(13-6-4-3-5-7-13)22-17(23)11-25-19(24)14-8-9-15(20)16(21)10-14/h3-10,12,18H,11H2,1-2H3,(H,22,23)/t18-/m1/s1. The van der Waals surface area contributed by atoms with Crippen LogP contribution in [0.5, 0.6) is 0 Å². The van der Waals surface area contributed by atoms with Gasteiger partial charge >= 0.3 is 5.97 Å². The Balaban J connectivity index is 1.94. The number of esters is 1. The highest BCUT2D eigenvalue weighted by atomic mass is 19.2. The Bertz CT molecular complexity index is 748. The van der Waals surface area contributed by atoms with Crippen molar-refractivity contribution in [2.45, 2.75) is 19.9 Å². The van der Waals surface area contributed by atoms with Crippen LogP contribution in [-0.2, 0) is 9.53 Å². The van der Waals surface area contributed by atoms with Gasteiger partial charge < -0.3 is 10.1 Å². The van der Waals surface area contributed by atoms with E-state index in [1.807, 2.05) is 44.2 Å². The van der Waals surface area contributed by atoms with Crippen molar-refractivity contribution >= 4 is 11.9 Å². The largest absolute Gasteiger partial charge is 0.452 e. The van der Waals surface area contributed by atoms with Crippen molar-refractivity contribution in [3.8, 4) is 0 Å². The molecule has 0 fully saturated rings. The molecule has 0 saturated heterocycles. The van der Waals surface area contributed by atoms with E-state index in [0.29, 0.717) is 0 Å². The molecule has 6 heteroatoms. The summed E-state index contributed by atoms with van der Waals surface area (Å²) in [5, 5.41) is 2.81. The van der Waals surface area contributed by atoms with Crippen LogP contribution in [0.1, 0.15) is 35.8 Å². The van der Waals surface area contributed by atoms with Gasteiger partial charge in [-0.05, 0) is 29.7 Å². The Morgan fingerprint density at radius 1 is 1.04 bits per heavy atom. The number of carbonyl (C=O) groups excluding carboxylic acids is 2. The second kappa shape index (κ2) is 8.37. The molecule has 0 aliphatic rings. The summed E-state index contributed by atoms with van der Waals surface area (Å²) in [7, 11) is 0. The van der Waals surface area contributed by atoms with E-state index in [1.54, 1.807) is 0 Å². The Kier molecular flexibility index (Phi) is 6.22. The summed E-state index contributed by atoms with van der Waals surface area (Å²) in [5.74, 6) is -3.44. The number of nitrogens with one attached hydrogen (secondary N) is 1. The highest BCUT2D eigenvalue weighted by Gasteiger charge is 2.19. The Hall–Kier alpha value is -2.76. The highest BCUT2D eigenvalue weighted by molar-refractivity contribution is 5.91. The number of ether oxygens (including phenoxy) is 1. The monoisotopic (exact) mass is 347 g/mol. The molecule has 0 bridgehead atoms. The normalized spacial score (nSPS) is 11.9. The zero-order valence-corrected chi connectivity index (χ0v) is 14.0. The number of benzene rings is 2. The molecule has 1 atom stereocenters. The molecular formula is C19H19F2NO3. The fourth-order valence-corrected chi connectivity index (χ4v) is 2.35. The lowest BCUT2D eigenvalue weighted by atomic mass is 9.96. The van der Waals surface area contributed by atoms with E-state index in [4.69, 9.17) is 4.74 Å². The minimum absolute atomic E-state index is 0.133. The number of carbonyl (C=O) groups is 2. The lowest BCUT2D eigenvalue weighted by Crippen LogP contribution is -2.35. The Labute approximate surface area is 144 Å². The molecule has 0 unspecified atom stereocenters. The SMILES string of the molecule is CC(C)[C@@H](NC(=O)COC(=O)c1ccc(F)c(F)c1)c1ccccc1. The minimum Gasteiger partial charge on any atom is -0.452 e. The molecule has 132 valence electrons. The van der Waals surface area contributed by atoms with Gasteiger partial charge in [-0.3, -0.25) is 4.79 Å². The van der Waals surface area contributed by atoms with Crippen LogP contribution < -0.4 is 5.32 Å². The second-order valence-electron chi connectivity index (χ2n) is 5.90. The van der Waals surface area contributed by atoms with Crippen LogP contribution in [0.2, 0.25) is 0 Å². The molecule has 0 aromatic heterocycles. The van der Waals surface area contributed by atoms with Crippen molar-refractivity contribution in [1.29, 1.82) is 0 Å². The van der Waals surface area contributed by atoms with Crippen molar-refractivity contribution in [3.63, 3.8) is 0 Å². The predicted molar refractivity (Wildman–Crippen MR) is 88.8 cm³/mol. The van der Waals surface area contributed by atoms with E-state index >= 15 is 0 Å². The average molecular weight is 347 g/mol. The van der Waals surface area contributed by atoms with Crippen molar-refractivity contribution in [3.05, 3.63) is 71.3 Å². The fraction of sp³-hybridized carbons (Fsp3) is 0.263. The van der Waals surface area contributed by atoms with E-state index in [9.17, 15) is 18.4 Å². The number of hydrogen-bond donors (Lipinski definition) is 1. The van der Waals surface area contributed by atoms with Gasteiger partial charge in [0.25, 0.3) is 5.91 Å². The van der Waals surface area contributed by atoms with E-state index in [1.165, 1.54) is 0 Å². The summed E-state index contributed by atoms with van der Waals surface area (Å²) in [5.41, 5.74) is 0.785. The molecule has 0 heterocycles. The molecule has 4 nitrogen and oxygen atoms in total. The molecule has 0 aliphatic carbocycles.